The summed E-state index contributed by atoms with van der Waals surface area (Å²) in [6, 6.07) is 0. The van der Waals surface area contributed by atoms with Crippen LogP contribution < -0.4 is 10.6 Å². The summed E-state index contributed by atoms with van der Waals surface area (Å²) < 4.78 is 5.42. The average molecular weight is 329 g/mol. The highest BCUT2D eigenvalue weighted by Gasteiger charge is 2.27. The van der Waals surface area contributed by atoms with Crippen LogP contribution in [0, 0.1) is 5.92 Å². The van der Waals surface area contributed by atoms with Crippen LogP contribution in [0.2, 0.25) is 0 Å². The standard InChI is InChI=1S/C15H24N2O2S2/c1-9(2)12(18)13-11(16)14(20-4)15(21-13)17-7-5-10(19-3)6-8-17/h9-10H,5-8,16H2,1-4H3. The third kappa shape index (κ3) is 3.38. The van der Waals surface area contributed by atoms with Gasteiger partial charge in [-0.3, -0.25) is 4.79 Å². The number of ether oxygens (including phenoxy) is 1. The number of thioether (sulfide) groups is 1. The minimum Gasteiger partial charge on any atom is -0.396 e. The second-order valence-electron chi connectivity index (χ2n) is 5.62. The molecule has 4 nitrogen and oxygen atoms in total. The molecule has 0 saturated carbocycles. The lowest BCUT2D eigenvalue weighted by Gasteiger charge is -2.32. The van der Waals surface area contributed by atoms with Gasteiger partial charge in [-0.2, -0.15) is 0 Å². The zero-order valence-electron chi connectivity index (χ0n) is 13.1. The number of carbonyl (C=O) groups excluding carboxylic acids is 1. The predicted molar refractivity (Wildman–Crippen MR) is 91.9 cm³/mol. The molecule has 0 aromatic carbocycles. The topological polar surface area (TPSA) is 55.6 Å². The highest BCUT2D eigenvalue weighted by atomic mass is 32.2. The van der Waals surface area contributed by atoms with Crippen molar-refractivity contribution in [2.75, 3.05) is 37.1 Å². The number of carbonyl (C=O) groups is 1. The van der Waals surface area contributed by atoms with E-state index >= 15 is 0 Å². The molecule has 1 aromatic heterocycles. The van der Waals surface area contributed by atoms with Crippen LogP contribution in [0.5, 0.6) is 0 Å². The number of nitrogen functional groups attached to an aromatic ring is 1. The molecule has 6 heteroatoms. The first kappa shape index (κ1) is 16.6. The van der Waals surface area contributed by atoms with E-state index in [0.29, 0.717) is 11.8 Å². The molecule has 0 unspecified atom stereocenters. The van der Waals surface area contributed by atoms with Gasteiger partial charge >= 0.3 is 0 Å². The van der Waals surface area contributed by atoms with Gasteiger partial charge in [0.05, 0.1) is 21.6 Å². The van der Waals surface area contributed by atoms with Crippen molar-refractivity contribution in [3.05, 3.63) is 4.88 Å². The molecule has 1 fully saturated rings. The molecule has 0 spiro atoms. The monoisotopic (exact) mass is 328 g/mol. The summed E-state index contributed by atoms with van der Waals surface area (Å²) in [4.78, 5) is 16.4. The fourth-order valence-corrected chi connectivity index (χ4v) is 4.88. The molecule has 2 N–H and O–H groups in total. The van der Waals surface area contributed by atoms with E-state index in [1.165, 1.54) is 0 Å². The fraction of sp³-hybridized carbons (Fsp3) is 0.667. The van der Waals surface area contributed by atoms with Crippen molar-refractivity contribution in [2.45, 2.75) is 37.7 Å². The molecule has 0 aliphatic carbocycles. The highest BCUT2D eigenvalue weighted by Crippen LogP contribution is 2.45. The van der Waals surface area contributed by atoms with Gasteiger partial charge in [-0.1, -0.05) is 13.8 Å². The normalized spacial score (nSPS) is 16.7. The van der Waals surface area contributed by atoms with E-state index in [1.54, 1.807) is 30.2 Å². The van der Waals surface area contributed by atoms with E-state index < -0.39 is 0 Å². The Balaban J connectivity index is 2.27. The van der Waals surface area contributed by atoms with E-state index in [2.05, 4.69) is 4.90 Å². The molecule has 0 bridgehead atoms. The molecule has 1 aliphatic rings. The number of piperidine rings is 1. The summed E-state index contributed by atoms with van der Waals surface area (Å²) in [5, 5.41) is 1.15. The first-order valence-corrected chi connectivity index (χ1v) is 9.31. The first-order chi connectivity index (χ1) is 9.99. The van der Waals surface area contributed by atoms with Crippen LogP contribution in [0.25, 0.3) is 0 Å². The molecule has 0 atom stereocenters. The van der Waals surface area contributed by atoms with Crippen LogP contribution in [0.15, 0.2) is 4.90 Å². The molecule has 2 rings (SSSR count). The van der Waals surface area contributed by atoms with Crippen LogP contribution in [0.4, 0.5) is 10.7 Å². The lowest BCUT2D eigenvalue weighted by Crippen LogP contribution is -2.36. The van der Waals surface area contributed by atoms with E-state index in [1.807, 2.05) is 20.1 Å². The van der Waals surface area contributed by atoms with E-state index in [9.17, 15) is 4.79 Å². The molecule has 21 heavy (non-hydrogen) atoms. The maximum absolute atomic E-state index is 12.3. The Morgan fingerprint density at radius 3 is 2.52 bits per heavy atom. The molecule has 118 valence electrons. The van der Waals surface area contributed by atoms with Gasteiger partial charge in [-0.15, -0.1) is 23.1 Å². The van der Waals surface area contributed by atoms with Gasteiger partial charge in [0.1, 0.15) is 5.00 Å². The Morgan fingerprint density at radius 1 is 1.43 bits per heavy atom. The van der Waals surface area contributed by atoms with Gasteiger partial charge in [-0.25, -0.2) is 0 Å². The number of Topliss-reactive ketones (excluding diaryl/α,β-unsaturated/α-hetero) is 1. The van der Waals surface area contributed by atoms with Crippen molar-refractivity contribution in [3.8, 4) is 0 Å². The third-order valence-electron chi connectivity index (χ3n) is 3.90. The maximum Gasteiger partial charge on any atom is 0.177 e. The summed E-state index contributed by atoms with van der Waals surface area (Å²) >= 11 is 3.18. The number of anilines is 2. The second-order valence-corrected chi connectivity index (χ2v) is 7.44. The number of methoxy groups -OCH3 is 1. The molecule has 1 aliphatic heterocycles. The van der Waals surface area contributed by atoms with Gasteiger partial charge in [0.25, 0.3) is 0 Å². The fourth-order valence-electron chi connectivity index (χ4n) is 2.56. The molecule has 0 amide bonds. The van der Waals surface area contributed by atoms with Crippen molar-refractivity contribution in [1.29, 1.82) is 0 Å². The Kier molecular flexibility index (Phi) is 5.57. The van der Waals surface area contributed by atoms with E-state index in [4.69, 9.17) is 10.5 Å². The number of nitrogens with two attached hydrogens (primary N) is 1. The highest BCUT2D eigenvalue weighted by molar-refractivity contribution is 7.99. The Morgan fingerprint density at radius 2 is 2.05 bits per heavy atom. The molecule has 1 saturated heterocycles. The number of hydrogen-bond acceptors (Lipinski definition) is 6. The summed E-state index contributed by atoms with van der Waals surface area (Å²) in [5.74, 6) is 0.124. The summed E-state index contributed by atoms with van der Waals surface area (Å²) in [6.45, 7) is 5.76. The quantitative estimate of drug-likeness (QED) is 0.662. The molecular formula is C15H24N2O2S2. The maximum atomic E-state index is 12.3. The predicted octanol–water partition coefficient (Wildman–Crippen LogP) is 3.51. The van der Waals surface area contributed by atoms with Gasteiger partial charge in [0.15, 0.2) is 5.78 Å². The number of hydrogen-bond donors (Lipinski definition) is 1. The number of nitrogens with zero attached hydrogens (tertiary/aromatic N) is 1. The molecule has 2 heterocycles. The van der Waals surface area contributed by atoms with Gasteiger partial charge < -0.3 is 15.4 Å². The summed E-state index contributed by atoms with van der Waals surface area (Å²) in [5.41, 5.74) is 6.89. The molecule has 0 radical (unpaired) electrons. The zero-order valence-corrected chi connectivity index (χ0v) is 14.8. The minimum absolute atomic E-state index is 0.0206. The van der Waals surface area contributed by atoms with Crippen molar-refractivity contribution in [3.63, 3.8) is 0 Å². The molecular weight excluding hydrogens is 304 g/mol. The number of ketones is 1. The van der Waals surface area contributed by atoms with Crippen LogP contribution in [-0.2, 0) is 4.74 Å². The van der Waals surface area contributed by atoms with E-state index in [-0.39, 0.29) is 11.7 Å². The van der Waals surface area contributed by atoms with Crippen molar-refractivity contribution < 1.29 is 9.53 Å². The van der Waals surface area contributed by atoms with Crippen molar-refractivity contribution >= 4 is 39.6 Å². The van der Waals surface area contributed by atoms with E-state index in [0.717, 1.165) is 40.7 Å². The summed E-state index contributed by atoms with van der Waals surface area (Å²) in [6.07, 6.45) is 4.42. The Hall–Kier alpha value is -0.720. The second kappa shape index (κ2) is 7.03. The van der Waals surface area contributed by atoms with Crippen molar-refractivity contribution in [1.82, 2.24) is 0 Å². The van der Waals surface area contributed by atoms with Gasteiger partial charge in [0, 0.05) is 26.1 Å². The molecule has 1 aromatic rings. The Bertz CT molecular complexity index is 506. The van der Waals surface area contributed by atoms with Crippen LogP contribution in [0.1, 0.15) is 36.4 Å². The third-order valence-corrected chi connectivity index (χ3v) is 6.13. The van der Waals surface area contributed by atoms with Gasteiger partial charge in [-0.05, 0) is 19.1 Å². The van der Waals surface area contributed by atoms with Crippen LogP contribution in [0.3, 0.4) is 0 Å². The number of thiophene rings is 1. The zero-order chi connectivity index (χ0) is 15.6. The van der Waals surface area contributed by atoms with Gasteiger partial charge in [0.2, 0.25) is 0 Å². The number of rotatable bonds is 5. The Labute approximate surface area is 135 Å². The largest absolute Gasteiger partial charge is 0.396 e. The van der Waals surface area contributed by atoms with Crippen LogP contribution >= 0.6 is 23.1 Å². The smallest absolute Gasteiger partial charge is 0.177 e. The van der Waals surface area contributed by atoms with Crippen molar-refractivity contribution in [2.24, 2.45) is 5.92 Å². The summed E-state index contributed by atoms with van der Waals surface area (Å²) in [7, 11) is 1.77. The SMILES string of the molecule is COC1CCN(c2sc(C(=O)C(C)C)c(N)c2SC)CC1. The average Bonchev–Trinajstić information content (AvgIpc) is 2.83. The van der Waals surface area contributed by atoms with Crippen LogP contribution in [-0.4, -0.2) is 38.3 Å². The minimum atomic E-state index is -0.0206. The first-order valence-electron chi connectivity index (χ1n) is 7.27. The lowest BCUT2D eigenvalue weighted by molar-refractivity contribution is 0.0819. The lowest BCUT2D eigenvalue weighted by atomic mass is 10.1.